The van der Waals surface area contributed by atoms with E-state index in [1.54, 1.807) is 0 Å². The number of carbonyl (C=O) groups is 1. The third kappa shape index (κ3) is 4.49. The molecule has 0 spiro atoms. The Kier molecular flexibility index (Phi) is 5.64. The first kappa shape index (κ1) is 17.2. The van der Waals surface area contributed by atoms with E-state index in [0.717, 1.165) is 22.4 Å². The molecule has 0 bridgehead atoms. The zero-order valence-corrected chi connectivity index (χ0v) is 14.2. The van der Waals surface area contributed by atoms with E-state index < -0.39 is 0 Å². The van der Waals surface area contributed by atoms with Crippen molar-refractivity contribution in [1.82, 2.24) is 0 Å². The van der Waals surface area contributed by atoms with E-state index in [4.69, 9.17) is 10.00 Å². The van der Waals surface area contributed by atoms with Gasteiger partial charge < -0.3 is 10.1 Å². The normalized spacial score (nSPS) is 9.96. The number of benzene rings is 3. The average Bonchev–Trinajstić information content (AvgIpc) is 2.68. The number of carbonyl (C=O) groups excluding carboxylic acids is 1. The zero-order valence-electron chi connectivity index (χ0n) is 14.2. The van der Waals surface area contributed by atoms with Crippen molar-refractivity contribution in [3.63, 3.8) is 0 Å². The van der Waals surface area contributed by atoms with Crippen LogP contribution in [0.4, 0.5) is 5.69 Å². The van der Waals surface area contributed by atoms with Crippen LogP contribution in [0, 0.1) is 11.3 Å². The number of nitrogens with one attached hydrogen (secondary N) is 1. The molecule has 3 aromatic rings. The number of ether oxygens (including phenoxy) is 1. The minimum absolute atomic E-state index is 0.155. The topological polar surface area (TPSA) is 62.1 Å². The standard InChI is InChI=1S/C22H18N2O2/c23-15-14-22(25)24-19-12-10-18(11-13-19)20-8-4-5-9-21(20)26-16-17-6-2-1-3-7-17/h1-13H,14,16H2,(H,24,25). The lowest BCUT2D eigenvalue weighted by Gasteiger charge is -2.12. The molecule has 3 aromatic carbocycles. The van der Waals surface area contributed by atoms with E-state index in [1.807, 2.05) is 84.9 Å². The summed E-state index contributed by atoms with van der Waals surface area (Å²) in [5.74, 6) is 0.490. The van der Waals surface area contributed by atoms with Crippen molar-refractivity contribution in [2.75, 3.05) is 5.32 Å². The number of rotatable bonds is 6. The highest BCUT2D eigenvalue weighted by molar-refractivity contribution is 5.92. The van der Waals surface area contributed by atoms with Crippen LogP contribution in [0.2, 0.25) is 0 Å². The van der Waals surface area contributed by atoms with Crippen LogP contribution in [0.15, 0.2) is 78.9 Å². The fraction of sp³-hybridized carbons (Fsp3) is 0.0909. The van der Waals surface area contributed by atoms with E-state index in [1.165, 1.54) is 0 Å². The predicted octanol–water partition coefficient (Wildman–Crippen LogP) is 4.78. The van der Waals surface area contributed by atoms with Gasteiger partial charge in [-0.2, -0.15) is 5.26 Å². The van der Waals surface area contributed by atoms with Crippen molar-refractivity contribution in [1.29, 1.82) is 5.26 Å². The third-order valence-corrected chi connectivity index (χ3v) is 3.84. The van der Waals surface area contributed by atoms with Gasteiger partial charge in [0.05, 0.1) is 6.07 Å². The van der Waals surface area contributed by atoms with Gasteiger partial charge in [0.15, 0.2) is 0 Å². The molecule has 26 heavy (non-hydrogen) atoms. The Morgan fingerprint density at radius 1 is 0.923 bits per heavy atom. The highest BCUT2D eigenvalue weighted by Crippen LogP contribution is 2.31. The summed E-state index contributed by atoms with van der Waals surface area (Å²) in [5.41, 5.74) is 3.75. The van der Waals surface area contributed by atoms with Gasteiger partial charge in [-0.25, -0.2) is 0 Å². The molecule has 0 saturated heterocycles. The van der Waals surface area contributed by atoms with Crippen molar-refractivity contribution < 1.29 is 9.53 Å². The predicted molar refractivity (Wildman–Crippen MR) is 102 cm³/mol. The second-order valence-corrected chi connectivity index (χ2v) is 5.73. The van der Waals surface area contributed by atoms with Gasteiger partial charge in [0.1, 0.15) is 18.8 Å². The molecule has 0 radical (unpaired) electrons. The number of nitrogens with zero attached hydrogens (tertiary/aromatic N) is 1. The molecule has 0 unspecified atom stereocenters. The number of nitriles is 1. The molecule has 4 nitrogen and oxygen atoms in total. The van der Waals surface area contributed by atoms with Crippen LogP contribution in [0.25, 0.3) is 11.1 Å². The van der Waals surface area contributed by atoms with E-state index in [2.05, 4.69) is 5.32 Å². The fourth-order valence-electron chi connectivity index (χ4n) is 2.58. The van der Waals surface area contributed by atoms with Crippen molar-refractivity contribution in [3.8, 4) is 22.9 Å². The largest absolute Gasteiger partial charge is 0.488 e. The van der Waals surface area contributed by atoms with Crippen LogP contribution in [-0.2, 0) is 11.4 Å². The summed E-state index contributed by atoms with van der Waals surface area (Å²) in [4.78, 5) is 11.5. The highest BCUT2D eigenvalue weighted by atomic mass is 16.5. The van der Waals surface area contributed by atoms with Gasteiger partial charge in [0.2, 0.25) is 5.91 Å². The van der Waals surface area contributed by atoms with Crippen molar-refractivity contribution in [2.45, 2.75) is 13.0 Å². The highest BCUT2D eigenvalue weighted by Gasteiger charge is 2.07. The minimum Gasteiger partial charge on any atom is -0.488 e. The van der Waals surface area contributed by atoms with E-state index >= 15 is 0 Å². The second kappa shape index (κ2) is 8.50. The third-order valence-electron chi connectivity index (χ3n) is 3.84. The van der Waals surface area contributed by atoms with E-state index in [0.29, 0.717) is 12.3 Å². The van der Waals surface area contributed by atoms with Crippen LogP contribution >= 0.6 is 0 Å². The molecule has 0 aromatic heterocycles. The SMILES string of the molecule is N#CCC(=O)Nc1ccc(-c2ccccc2OCc2ccccc2)cc1. The van der Waals surface area contributed by atoms with Gasteiger partial charge >= 0.3 is 0 Å². The summed E-state index contributed by atoms with van der Waals surface area (Å²) in [6.07, 6.45) is -0.155. The molecular weight excluding hydrogens is 324 g/mol. The first-order valence-electron chi connectivity index (χ1n) is 8.29. The van der Waals surface area contributed by atoms with Crippen molar-refractivity contribution >= 4 is 11.6 Å². The van der Waals surface area contributed by atoms with Crippen LogP contribution in [-0.4, -0.2) is 5.91 Å². The van der Waals surface area contributed by atoms with Crippen molar-refractivity contribution in [2.24, 2.45) is 0 Å². The van der Waals surface area contributed by atoms with Gasteiger partial charge in [-0.3, -0.25) is 4.79 Å². The maximum atomic E-state index is 11.5. The van der Waals surface area contributed by atoms with Gasteiger partial charge in [-0.15, -0.1) is 0 Å². The average molecular weight is 342 g/mol. The van der Waals surface area contributed by atoms with E-state index in [-0.39, 0.29) is 12.3 Å². The molecule has 0 fully saturated rings. The molecule has 128 valence electrons. The molecule has 0 atom stereocenters. The van der Waals surface area contributed by atoms with E-state index in [9.17, 15) is 4.79 Å². The summed E-state index contributed by atoms with van der Waals surface area (Å²) in [6.45, 7) is 0.500. The minimum atomic E-state index is -0.313. The smallest absolute Gasteiger partial charge is 0.238 e. The van der Waals surface area contributed by atoms with Gasteiger partial charge in [-0.1, -0.05) is 60.7 Å². The Morgan fingerprint density at radius 2 is 1.62 bits per heavy atom. The fourth-order valence-corrected chi connectivity index (χ4v) is 2.58. The first-order chi connectivity index (χ1) is 12.8. The van der Waals surface area contributed by atoms with Crippen molar-refractivity contribution in [3.05, 3.63) is 84.4 Å². The molecule has 0 aliphatic carbocycles. The number of para-hydroxylation sites is 1. The molecule has 0 aliphatic heterocycles. The van der Waals surface area contributed by atoms with Crippen LogP contribution < -0.4 is 10.1 Å². The quantitative estimate of drug-likeness (QED) is 0.701. The summed E-state index contributed by atoms with van der Waals surface area (Å²) in [6, 6.07) is 27.2. The number of anilines is 1. The Hall–Kier alpha value is -3.58. The molecule has 4 heteroatoms. The van der Waals surface area contributed by atoms with Gasteiger partial charge in [0.25, 0.3) is 0 Å². The maximum Gasteiger partial charge on any atom is 0.238 e. The Bertz CT molecular complexity index is 913. The van der Waals surface area contributed by atoms with Crippen LogP contribution in [0.5, 0.6) is 5.75 Å². The lowest BCUT2D eigenvalue weighted by molar-refractivity contribution is -0.115. The lowest BCUT2D eigenvalue weighted by atomic mass is 10.0. The van der Waals surface area contributed by atoms with Crippen LogP contribution in [0.3, 0.4) is 0 Å². The monoisotopic (exact) mass is 342 g/mol. The summed E-state index contributed by atoms with van der Waals surface area (Å²) in [7, 11) is 0. The molecule has 1 N–H and O–H groups in total. The first-order valence-corrected chi connectivity index (χ1v) is 8.29. The summed E-state index contributed by atoms with van der Waals surface area (Å²) in [5, 5.41) is 11.2. The van der Waals surface area contributed by atoms with Crippen LogP contribution in [0.1, 0.15) is 12.0 Å². The lowest BCUT2D eigenvalue weighted by Crippen LogP contribution is -2.09. The molecule has 3 rings (SSSR count). The number of hydrogen-bond acceptors (Lipinski definition) is 3. The number of hydrogen-bond donors (Lipinski definition) is 1. The Labute approximate surface area is 152 Å². The second-order valence-electron chi connectivity index (χ2n) is 5.73. The Balaban J connectivity index is 1.75. The zero-order chi connectivity index (χ0) is 18.2. The molecule has 0 heterocycles. The number of amides is 1. The molecule has 0 saturated carbocycles. The summed E-state index contributed by atoms with van der Waals surface area (Å²) >= 11 is 0. The van der Waals surface area contributed by atoms with Gasteiger partial charge in [0, 0.05) is 11.3 Å². The molecule has 1 amide bonds. The molecule has 0 aliphatic rings. The Morgan fingerprint density at radius 3 is 2.35 bits per heavy atom. The maximum absolute atomic E-state index is 11.5. The molecular formula is C22H18N2O2. The summed E-state index contributed by atoms with van der Waals surface area (Å²) < 4.78 is 6.00. The van der Waals surface area contributed by atoms with Gasteiger partial charge in [-0.05, 0) is 29.3 Å².